The number of piperidine rings is 1. The molecule has 116 valence electrons. The van der Waals surface area contributed by atoms with Crippen LogP contribution in [-0.4, -0.2) is 36.7 Å². The van der Waals surface area contributed by atoms with Gasteiger partial charge in [-0.25, -0.2) is 4.79 Å². The van der Waals surface area contributed by atoms with E-state index in [4.69, 9.17) is 39.5 Å². The van der Waals surface area contributed by atoms with Crippen LogP contribution in [0.15, 0.2) is 12.1 Å². The second-order valence-electron chi connectivity index (χ2n) is 4.85. The van der Waals surface area contributed by atoms with E-state index in [0.717, 1.165) is 18.5 Å². The van der Waals surface area contributed by atoms with Crippen molar-refractivity contribution >= 4 is 46.6 Å². The number of nitrogens with zero attached hydrogens (tertiary/aromatic N) is 1. The number of carbonyl (C=O) groups is 1. The van der Waals surface area contributed by atoms with Crippen LogP contribution in [0.1, 0.15) is 19.8 Å². The van der Waals surface area contributed by atoms with E-state index in [0.29, 0.717) is 34.8 Å². The number of benzene rings is 1. The Morgan fingerprint density at radius 1 is 1.24 bits per heavy atom. The normalized spacial score (nSPS) is 15.9. The van der Waals surface area contributed by atoms with Crippen LogP contribution in [-0.2, 0) is 4.74 Å². The molecule has 1 amide bonds. The molecule has 0 spiro atoms. The number of amides is 1. The maximum Gasteiger partial charge on any atom is 0.409 e. The van der Waals surface area contributed by atoms with E-state index in [1.54, 1.807) is 24.0 Å². The zero-order chi connectivity index (χ0) is 15.4. The fourth-order valence-electron chi connectivity index (χ4n) is 2.27. The molecule has 0 unspecified atom stereocenters. The molecule has 0 saturated carbocycles. The molecule has 2 rings (SSSR count). The number of hydrogen-bond donors (Lipinski definition) is 1. The lowest BCUT2D eigenvalue weighted by Gasteiger charge is -2.32. The van der Waals surface area contributed by atoms with Crippen molar-refractivity contribution in [2.24, 2.45) is 0 Å². The fourth-order valence-corrected chi connectivity index (χ4v) is 2.88. The van der Waals surface area contributed by atoms with Crippen molar-refractivity contribution in [3.05, 3.63) is 27.2 Å². The molecule has 1 saturated heterocycles. The first-order valence-corrected chi connectivity index (χ1v) is 7.97. The predicted molar refractivity (Wildman–Crippen MR) is 86.7 cm³/mol. The fraction of sp³-hybridized carbons (Fsp3) is 0.500. The molecule has 0 aromatic heterocycles. The second-order valence-corrected chi connectivity index (χ2v) is 6.07. The molecule has 0 bridgehead atoms. The standard InChI is InChI=1S/C14H17Cl3N2O2/c1-2-21-14(20)19-5-3-9(4-6-19)18-13-8-11(16)10(15)7-12(13)17/h7-9,18H,2-6H2,1H3. The first-order chi connectivity index (χ1) is 10.0. The smallest absolute Gasteiger partial charge is 0.409 e. The van der Waals surface area contributed by atoms with Gasteiger partial charge in [0.25, 0.3) is 0 Å². The molecular formula is C14H17Cl3N2O2. The van der Waals surface area contributed by atoms with Crippen LogP contribution >= 0.6 is 34.8 Å². The van der Waals surface area contributed by atoms with E-state index in [9.17, 15) is 4.79 Å². The first kappa shape index (κ1) is 16.5. The summed E-state index contributed by atoms with van der Waals surface area (Å²) < 4.78 is 5.00. The summed E-state index contributed by atoms with van der Waals surface area (Å²) in [5.41, 5.74) is 0.764. The Bertz CT molecular complexity index is 517. The molecule has 1 aliphatic heterocycles. The lowest BCUT2D eigenvalue weighted by Crippen LogP contribution is -2.42. The zero-order valence-electron chi connectivity index (χ0n) is 11.7. The van der Waals surface area contributed by atoms with Gasteiger partial charge in [0.05, 0.1) is 27.4 Å². The Morgan fingerprint density at radius 3 is 2.48 bits per heavy atom. The number of nitrogens with one attached hydrogen (secondary N) is 1. The Labute approximate surface area is 139 Å². The van der Waals surface area contributed by atoms with E-state index in [2.05, 4.69) is 5.32 Å². The highest BCUT2D eigenvalue weighted by Crippen LogP contribution is 2.33. The summed E-state index contributed by atoms with van der Waals surface area (Å²) in [5, 5.41) is 4.79. The van der Waals surface area contributed by atoms with Crippen LogP contribution in [0.3, 0.4) is 0 Å². The second kappa shape index (κ2) is 7.43. The van der Waals surface area contributed by atoms with Gasteiger partial charge in [-0.15, -0.1) is 0 Å². The Kier molecular flexibility index (Phi) is 5.85. The molecule has 0 atom stereocenters. The first-order valence-electron chi connectivity index (χ1n) is 6.84. The van der Waals surface area contributed by atoms with Crippen molar-refractivity contribution in [3.8, 4) is 0 Å². The molecule has 4 nitrogen and oxygen atoms in total. The topological polar surface area (TPSA) is 41.6 Å². The molecule has 1 aromatic carbocycles. The van der Waals surface area contributed by atoms with Crippen LogP contribution in [0.4, 0.5) is 10.5 Å². The third-order valence-electron chi connectivity index (χ3n) is 3.39. The molecule has 1 aliphatic rings. The maximum atomic E-state index is 11.6. The molecule has 7 heteroatoms. The minimum atomic E-state index is -0.247. The minimum Gasteiger partial charge on any atom is -0.450 e. The zero-order valence-corrected chi connectivity index (χ0v) is 13.9. The van der Waals surface area contributed by atoms with Gasteiger partial charge < -0.3 is 15.0 Å². The number of anilines is 1. The van der Waals surface area contributed by atoms with Crippen LogP contribution < -0.4 is 5.32 Å². The van der Waals surface area contributed by atoms with Crippen molar-refractivity contribution in [2.45, 2.75) is 25.8 Å². The van der Waals surface area contributed by atoms with Crippen molar-refractivity contribution < 1.29 is 9.53 Å². The number of ether oxygens (including phenoxy) is 1. The average molecular weight is 352 g/mol. The minimum absolute atomic E-state index is 0.241. The van der Waals surface area contributed by atoms with Crippen LogP contribution in [0.2, 0.25) is 15.1 Å². The summed E-state index contributed by atoms with van der Waals surface area (Å²) in [5.74, 6) is 0. The van der Waals surface area contributed by atoms with Gasteiger partial charge in [0.15, 0.2) is 0 Å². The molecule has 1 heterocycles. The number of likely N-dealkylation sites (tertiary alicyclic amines) is 1. The van der Waals surface area contributed by atoms with Gasteiger partial charge in [-0.05, 0) is 31.9 Å². The summed E-state index contributed by atoms with van der Waals surface area (Å²) in [7, 11) is 0. The highest BCUT2D eigenvalue weighted by atomic mass is 35.5. The molecule has 0 radical (unpaired) electrons. The van der Waals surface area contributed by atoms with E-state index in [1.807, 2.05) is 0 Å². The molecule has 1 fully saturated rings. The summed E-state index contributed by atoms with van der Waals surface area (Å²) >= 11 is 18.1. The summed E-state index contributed by atoms with van der Waals surface area (Å²) in [4.78, 5) is 13.3. The predicted octanol–water partition coefficient (Wildman–Crippen LogP) is 4.68. The van der Waals surface area contributed by atoms with Gasteiger partial charge in [-0.1, -0.05) is 34.8 Å². The van der Waals surface area contributed by atoms with Crippen molar-refractivity contribution in [1.29, 1.82) is 0 Å². The van der Waals surface area contributed by atoms with Crippen LogP contribution in [0, 0.1) is 0 Å². The number of rotatable bonds is 3. The Balaban J connectivity index is 1.92. The highest BCUT2D eigenvalue weighted by molar-refractivity contribution is 6.44. The molecule has 0 aliphatic carbocycles. The van der Waals surface area contributed by atoms with Crippen molar-refractivity contribution in [2.75, 3.05) is 25.0 Å². The van der Waals surface area contributed by atoms with Crippen LogP contribution in [0.25, 0.3) is 0 Å². The Hall–Kier alpha value is -0.840. The third-order valence-corrected chi connectivity index (χ3v) is 4.43. The van der Waals surface area contributed by atoms with Crippen molar-refractivity contribution in [1.82, 2.24) is 4.90 Å². The van der Waals surface area contributed by atoms with E-state index >= 15 is 0 Å². The summed E-state index contributed by atoms with van der Waals surface area (Å²) in [6.45, 7) is 3.53. The Morgan fingerprint density at radius 2 is 1.86 bits per heavy atom. The largest absolute Gasteiger partial charge is 0.450 e. The van der Waals surface area contributed by atoms with E-state index in [-0.39, 0.29) is 12.1 Å². The molecule has 21 heavy (non-hydrogen) atoms. The van der Waals surface area contributed by atoms with Gasteiger partial charge in [-0.3, -0.25) is 0 Å². The van der Waals surface area contributed by atoms with E-state index in [1.165, 1.54) is 0 Å². The number of hydrogen-bond acceptors (Lipinski definition) is 3. The lowest BCUT2D eigenvalue weighted by molar-refractivity contribution is 0.0983. The monoisotopic (exact) mass is 350 g/mol. The molecule has 1 aromatic rings. The van der Waals surface area contributed by atoms with Gasteiger partial charge in [0.2, 0.25) is 0 Å². The lowest BCUT2D eigenvalue weighted by atomic mass is 10.1. The average Bonchev–Trinajstić information content (AvgIpc) is 2.46. The summed E-state index contributed by atoms with van der Waals surface area (Å²) in [6, 6.07) is 3.59. The summed E-state index contributed by atoms with van der Waals surface area (Å²) in [6.07, 6.45) is 1.41. The number of halogens is 3. The highest BCUT2D eigenvalue weighted by Gasteiger charge is 2.24. The quantitative estimate of drug-likeness (QED) is 0.804. The SMILES string of the molecule is CCOC(=O)N1CCC(Nc2cc(Cl)c(Cl)cc2Cl)CC1. The number of carbonyl (C=O) groups excluding carboxylic acids is 1. The third kappa shape index (κ3) is 4.31. The molecular weight excluding hydrogens is 335 g/mol. The van der Waals surface area contributed by atoms with Gasteiger partial charge in [0, 0.05) is 19.1 Å². The van der Waals surface area contributed by atoms with Crippen LogP contribution in [0.5, 0.6) is 0 Å². The van der Waals surface area contributed by atoms with Gasteiger partial charge in [0.1, 0.15) is 0 Å². The van der Waals surface area contributed by atoms with Crippen molar-refractivity contribution in [3.63, 3.8) is 0 Å². The molecule has 1 N–H and O–H groups in total. The maximum absolute atomic E-state index is 11.6. The van der Waals surface area contributed by atoms with E-state index < -0.39 is 0 Å². The van der Waals surface area contributed by atoms with Gasteiger partial charge >= 0.3 is 6.09 Å². The van der Waals surface area contributed by atoms with Gasteiger partial charge in [-0.2, -0.15) is 0 Å².